The normalized spacial score (nSPS) is 10.1. The van der Waals surface area contributed by atoms with Gasteiger partial charge in [-0.3, -0.25) is 4.79 Å². The molecule has 0 radical (unpaired) electrons. The molecule has 0 saturated heterocycles. The van der Waals surface area contributed by atoms with E-state index in [1.165, 1.54) is 14.2 Å². The molecule has 0 bridgehead atoms. The minimum Gasteiger partial charge on any atom is -0.497 e. The van der Waals surface area contributed by atoms with Gasteiger partial charge in [-0.25, -0.2) is 4.79 Å². The number of hydrogen-bond donors (Lipinski definition) is 1. The minimum atomic E-state index is -0.669. The van der Waals surface area contributed by atoms with E-state index in [1.54, 1.807) is 36.4 Å². The van der Waals surface area contributed by atoms with E-state index in [1.807, 2.05) is 6.92 Å². The Morgan fingerprint density at radius 2 is 1.74 bits per heavy atom. The fraction of sp³-hybridized carbons (Fsp3) is 0.263. The van der Waals surface area contributed by atoms with Gasteiger partial charge in [0, 0.05) is 11.1 Å². The average molecular weight is 394 g/mol. The monoisotopic (exact) mass is 393 g/mol. The highest BCUT2D eigenvalue weighted by molar-refractivity contribution is 6.30. The van der Waals surface area contributed by atoms with Crippen molar-refractivity contribution in [3.05, 3.63) is 47.0 Å². The van der Waals surface area contributed by atoms with Gasteiger partial charge in [-0.2, -0.15) is 0 Å². The average Bonchev–Trinajstić information content (AvgIpc) is 2.65. The fourth-order valence-corrected chi connectivity index (χ4v) is 2.42. The van der Waals surface area contributed by atoms with Gasteiger partial charge >= 0.3 is 5.97 Å². The first-order chi connectivity index (χ1) is 12.9. The Morgan fingerprint density at radius 3 is 2.41 bits per heavy atom. The molecule has 0 unspecified atom stereocenters. The van der Waals surface area contributed by atoms with Gasteiger partial charge in [-0.15, -0.1) is 0 Å². The van der Waals surface area contributed by atoms with Crippen LogP contribution < -0.4 is 19.5 Å². The zero-order valence-electron chi connectivity index (χ0n) is 15.2. The summed E-state index contributed by atoms with van der Waals surface area (Å²) in [4.78, 5) is 23.8. The maximum Gasteiger partial charge on any atom is 0.344 e. The van der Waals surface area contributed by atoms with Crippen molar-refractivity contribution < 1.29 is 28.5 Å². The first kappa shape index (κ1) is 20.4. The Bertz CT molecular complexity index is 824. The van der Waals surface area contributed by atoms with E-state index in [-0.39, 0.29) is 6.61 Å². The topological polar surface area (TPSA) is 83.1 Å². The van der Waals surface area contributed by atoms with Crippen molar-refractivity contribution in [2.24, 2.45) is 0 Å². The molecule has 7 nitrogen and oxygen atoms in total. The zero-order chi connectivity index (χ0) is 19.8. The second kappa shape index (κ2) is 9.68. The van der Waals surface area contributed by atoms with Crippen molar-refractivity contribution in [2.45, 2.75) is 6.92 Å². The van der Waals surface area contributed by atoms with Gasteiger partial charge in [0.05, 0.1) is 19.9 Å². The second-order valence-electron chi connectivity index (χ2n) is 5.47. The van der Waals surface area contributed by atoms with Crippen LogP contribution in [0.5, 0.6) is 17.2 Å². The van der Waals surface area contributed by atoms with Crippen LogP contribution in [0, 0.1) is 6.92 Å². The molecule has 1 amide bonds. The van der Waals surface area contributed by atoms with E-state index in [0.29, 0.717) is 28.0 Å². The van der Waals surface area contributed by atoms with E-state index in [0.717, 1.165) is 5.56 Å². The molecule has 0 spiro atoms. The molecule has 0 aliphatic carbocycles. The molecule has 2 rings (SSSR count). The zero-order valence-corrected chi connectivity index (χ0v) is 16.0. The summed E-state index contributed by atoms with van der Waals surface area (Å²) in [6.07, 6.45) is 0. The molecule has 0 heterocycles. The summed E-state index contributed by atoms with van der Waals surface area (Å²) >= 11 is 5.86. The number of ether oxygens (including phenoxy) is 4. The van der Waals surface area contributed by atoms with Crippen LogP contribution in [0.1, 0.15) is 5.56 Å². The molecule has 0 fully saturated rings. The van der Waals surface area contributed by atoms with E-state index < -0.39 is 18.5 Å². The number of benzene rings is 2. The molecule has 0 aliphatic heterocycles. The maximum absolute atomic E-state index is 12.0. The lowest BCUT2D eigenvalue weighted by molar-refractivity contribution is -0.149. The molecule has 1 N–H and O–H groups in total. The van der Waals surface area contributed by atoms with E-state index >= 15 is 0 Å². The van der Waals surface area contributed by atoms with E-state index in [9.17, 15) is 9.59 Å². The molecule has 8 heteroatoms. The Balaban J connectivity index is 1.83. The van der Waals surface area contributed by atoms with Gasteiger partial charge in [0.1, 0.15) is 17.2 Å². The Morgan fingerprint density at radius 1 is 1.00 bits per heavy atom. The number of hydrogen-bond acceptors (Lipinski definition) is 6. The lowest BCUT2D eigenvalue weighted by Gasteiger charge is -2.12. The predicted octanol–water partition coefficient (Wildman–Crippen LogP) is 3.23. The Labute approximate surface area is 162 Å². The lowest BCUT2D eigenvalue weighted by atomic mass is 10.2. The highest BCUT2D eigenvalue weighted by atomic mass is 35.5. The van der Waals surface area contributed by atoms with Crippen LogP contribution in [0.25, 0.3) is 0 Å². The number of methoxy groups -OCH3 is 2. The van der Waals surface area contributed by atoms with Crippen LogP contribution in [0.4, 0.5) is 5.69 Å². The summed E-state index contributed by atoms with van der Waals surface area (Å²) in [5.41, 5.74) is 1.20. The van der Waals surface area contributed by atoms with Gasteiger partial charge in [-0.1, -0.05) is 11.6 Å². The van der Waals surface area contributed by atoms with Crippen molar-refractivity contribution in [3.8, 4) is 17.2 Å². The van der Waals surface area contributed by atoms with Crippen LogP contribution in [0.3, 0.4) is 0 Å². The van der Waals surface area contributed by atoms with Crippen molar-refractivity contribution in [1.82, 2.24) is 0 Å². The van der Waals surface area contributed by atoms with Gasteiger partial charge < -0.3 is 24.3 Å². The predicted molar refractivity (Wildman–Crippen MR) is 101 cm³/mol. The second-order valence-corrected chi connectivity index (χ2v) is 5.91. The van der Waals surface area contributed by atoms with Gasteiger partial charge in [0.25, 0.3) is 5.91 Å². The summed E-state index contributed by atoms with van der Waals surface area (Å²) < 4.78 is 20.6. The number of esters is 1. The number of rotatable bonds is 8. The molecule has 0 atom stereocenters. The van der Waals surface area contributed by atoms with Crippen LogP contribution >= 0.6 is 11.6 Å². The number of carbonyl (C=O) groups is 2. The molecule has 2 aromatic carbocycles. The summed E-state index contributed by atoms with van der Waals surface area (Å²) in [6, 6.07) is 9.99. The quantitative estimate of drug-likeness (QED) is 0.693. The van der Waals surface area contributed by atoms with Crippen molar-refractivity contribution in [3.63, 3.8) is 0 Å². The van der Waals surface area contributed by atoms with Crippen LogP contribution in [0.15, 0.2) is 36.4 Å². The first-order valence-electron chi connectivity index (χ1n) is 7.99. The summed E-state index contributed by atoms with van der Waals surface area (Å²) in [7, 11) is 2.99. The summed E-state index contributed by atoms with van der Waals surface area (Å²) in [5.74, 6) is 0.337. The van der Waals surface area contributed by atoms with Crippen molar-refractivity contribution >= 4 is 29.2 Å². The number of anilines is 1. The number of halogens is 1. The highest BCUT2D eigenvalue weighted by Gasteiger charge is 2.12. The smallest absolute Gasteiger partial charge is 0.344 e. The molecule has 0 aromatic heterocycles. The molecular formula is C19H20ClNO6. The van der Waals surface area contributed by atoms with E-state index in [4.69, 9.17) is 30.5 Å². The summed E-state index contributed by atoms with van der Waals surface area (Å²) in [6.45, 7) is 1.03. The molecular weight excluding hydrogens is 374 g/mol. The van der Waals surface area contributed by atoms with Crippen molar-refractivity contribution in [1.29, 1.82) is 0 Å². The SMILES string of the molecule is COc1ccc(OC)c(NC(=O)COC(=O)COc2ccc(Cl)cc2C)c1. The molecule has 144 valence electrons. The van der Waals surface area contributed by atoms with Crippen LogP contribution in [-0.4, -0.2) is 39.3 Å². The standard InChI is InChI=1S/C19H20ClNO6/c1-12-8-13(20)4-6-16(12)26-11-19(23)27-10-18(22)21-15-9-14(24-2)5-7-17(15)25-3/h4-9H,10-11H2,1-3H3,(H,21,22). The summed E-state index contributed by atoms with van der Waals surface area (Å²) in [5, 5.41) is 3.18. The third-order valence-corrected chi connectivity index (χ3v) is 3.76. The van der Waals surface area contributed by atoms with Crippen molar-refractivity contribution in [2.75, 3.05) is 32.8 Å². The van der Waals surface area contributed by atoms with E-state index in [2.05, 4.69) is 5.32 Å². The highest BCUT2D eigenvalue weighted by Crippen LogP contribution is 2.28. The Hall–Kier alpha value is -2.93. The number of carbonyl (C=O) groups excluding carboxylic acids is 2. The maximum atomic E-state index is 12.0. The number of nitrogens with one attached hydrogen (secondary N) is 1. The van der Waals surface area contributed by atoms with Gasteiger partial charge in [-0.05, 0) is 42.8 Å². The van der Waals surface area contributed by atoms with Gasteiger partial charge in [0.15, 0.2) is 13.2 Å². The third-order valence-electron chi connectivity index (χ3n) is 3.53. The van der Waals surface area contributed by atoms with Gasteiger partial charge in [0.2, 0.25) is 0 Å². The molecule has 0 aliphatic rings. The lowest BCUT2D eigenvalue weighted by Crippen LogP contribution is -2.24. The van der Waals surface area contributed by atoms with Crippen LogP contribution in [-0.2, 0) is 14.3 Å². The number of aryl methyl sites for hydroxylation is 1. The third kappa shape index (κ3) is 6.07. The fourth-order valence-electron chi connectivity index (χ4n) is 2.20. The first-order valence-corrected chi connectivity index (χ1v) is 8.37. The minimum absolute atomic E-state index is 0.321. The number of amides is 1. The largest absolute Gasteiger partial charge is 0.497 e. The molecule has 0 saturated carbocycles. The Kier molecular flexibility index (Phi) is 7.31. The van der Waals surface area contributed by atoms with Crippen LogP contribution in [0.2, 0.25) is 5.02 Å². The molecule has 27 heavy (non-hydrogen) atoms. The molecule has 2 aromatic rings.